The summed E-state index contributed by atoms with van der Waals surface area (Å²) in [6.07, 6.45) is 0.889. The van der Waals surface area contributed by atoms with Crippen molar-refractivity contribution in [3.63, 3.8) is 0 Å². The molecule has 348 valence electrons. The zero-order valence-electron chi connectivity index (χ0n) is 36.2. The molecule has 17 heteroatoms. The third kappa shape index (κ3) is 10.7. The zero-order chi connectivity index (χ0) is 45.6. The van der Waals surface area contributed by atoms with Gasteiger partial charge in [-0.3, -0.25) is 4.90 Å². The highest BCUT2D eigenvalue weighted by Gasteiger charge is 2.29. The summed E-state index contributed by atoms with van der Waals surface area (Å²) in [4.78, 5) is 35.2. The van der Waals surface area contributed by atoms with Crippen LogP contribution in [0.1, 0.15) is 24.2 Å². The van der Waals surface area contributed by atoms with Crippen molar-refractivity contribution in [2.45, 2.75) is 39.6 Å². The summed E-state index contributed by atoms with van der Waals surface area (Å²) < 4.78 is 51.3. The Kier molecular flexibility index (Phi) is 15.1. The van der Waals surface area contributed by atoms with Gasteiger partial charge < -0.3 is 38.8 Å². The third-order valence-corrected chi connectivity index (χ3v) is 13.0. The summed E-state index contributed by atoms with van der Waals surface area (Å²) in [5.74, 6) is 0.835. The molecule has 0 saturated carbocycles. The fourth-order valence-corrected chi connectivity index (χ4v) is 9.32. The number of halogens is 2. The Bertz CT molecular complexity index is 2850. The highest BCUT2D eigenvalue weighted by atomic mass is 35.5. The molecule has 67 heavy (non-hydrogen) atoms. The lowest BCUT2D eigenvalue weighted by atomic mass is 9.96. The Labute approximate surface area is 396 Å². The van der Waals surface area contributed by atoms with E-state index in [9.17, 15) is 14.3 Å². The van der Waals surface area contributed by atoms with Gasteiger partial charge in [-0.25, -0.2) is 29.1 Å². The van der Waals surface area contributed by atoms with Crippen LogP contribution < -0.4 is 29.0 Å². The molecular formula is C50H50ClFN6O8S. The number of carbonyl (C=O) groups is 1. The van der Waals surface area contributed by atoms with E-state index in [0.717, 1.165) is 35.6 Å². The number of carboxylic acids is 1. The normalized spacial score (nSPS) is 16.2. The Morgan fingerprint density at radius 2 is 1.81 bits per heavy atom. The lowest BCUT2D eigenvalue weighted by molar-refractivity contribution is -0.145. The molecule has 1 fully saturated rings. The van der Waals surface area contributed by atoms with E-state index in [2.05, 4.69) is 25.2 Å². The molecule has 3 aliphatic rings. The Morgan fingerprint density at radius 1 is 0.985 bits per heavy atom. The van der Waals surface area contributed by atoms with Crippen molar-refractivity contribution in [2.75, 3.05) is 59.7 Å². The minimum Gasteiger partial charge on any atom is -0.496 e. The van der Waals surface area contributed by atoms with Crippen LogP contribution in [0.25, 0.3) is 43.2 Å². The second kappa shape index (κ2) is 21.5. The number of hydrogen-bond acceptors (Lipinski definition) is 14. The van der Waals surface area contributed by atoms with Crippen molar-refractivity contribution in [1.29, 1.82) is 0 Å². The number of benzene rings is 4. The van der Waals surface area contributed by atoms with Crippen LogP contribution >= 0.6 is 22.9 Å². The highest BCUT2D eigenvalue weighted by molar-refractivity contribution is 7.22. The number of thiophene rings is 1. The molecule has 7 aromatic rings. The van der Waals surface area contributed by atoms with Crippen LogP contribution in [0.15, 0.2) is 97.5 Å². The second-order valence-corrected chi connectivity index (χ2v) is 17.1. The minimum atomic E-state index is -1.45. The lowest BCUT2D eigenvalue weighted by Crippen LogP contribution is -2.43. The molecule has 2 atom stereocenters. The predicted octanol–water partition coefficient (Wildman–Crippen LogP) is 8.94. The molecule has 2 N–H and O–H groups in total. The van der Waals surface area contributed by atoms with Crippen molar-refractivity contribution in [2.24, 2.45) is 0 Å². The molecule has 10 rings (SSSR count). The van der Waals surface area contributed by atoms with Gasteiger partial charge in [0.1, 0.15) is 59.3 Å². The number of aliphatic carboxylic acids is 1. The van der Waals surface area contributed by atoms with Crippen molar-refractivity contribution < 1.29 is 42.7 Å². The molecule has 3 aliphatic heterocycles. The van der Waals surface area contributed by atoms with E-state index >= 15 is 0 Å². The molecule has 4 aromatic carbocycles. The summed E-state index contributed by atoms with van der Waals surface area (Å²) in [7, 11) is 1.59. The number of para-hydroxylation sites is 1. The van der Waals surface area contributed by atoms with Crippen molar-refractivity contribution in [3.05, 3.63) is 125 Å². The predicted molar refractivity (Wildman–Crippen MR) is 255 cm³/mol. The van der Waals surface area contributed by atoms with Crippen molar-refractivity contribution in [3.8, 4) is 61.8 Å². The minimum absolute atomic E-state index is 0. The van der Waals surface area contributed by atoms with E-state index in [4.69, 9.17) is 45.0 Å². The summed E-state index contributed by atoms with van der Waals surface area (Å²) in [5.41, 5.74) is 4.59. The molecule has 0 radical (unpaired) electrons. The fourth-order valence-electron chi connectivity index (χ4n) is 7.96. The number of methoxy groups -OCH3 is 1. The van der Waals surface area contributed by atoms with Gasteiger partial charge in [-0.05, 0) is 78.2 Å². The first-order valence-electron chi connectivity index (χ1n) is 21.5. The van der Waals surface area contributed by atoms with E-state index in [0.29, 0.717) is 98.3 Å². The molecule has 6 heterocycles. The van der Waals surface area contributed by atoms with Crippen LogP contribution in [0.4, 0.5) is 4.39 Å². The number of nitrogens with one attached hydrogen (secondary N) is 1. The van der Waals surface area contributed by atoms with Crippen LogP contribution in [0.2, 0.25) is 5.02 Å². The van der Waals surface area contributed by atoms with Gasteiger partial charge in [0.05, 0.1) is 42.0 Å². The third-order valence-electron chi connectivity index (χ3n) is 11.4. The van der Waals surface area contributed by atoms with E-state index in [1.807, 2.05) is 43.3 Å². The average Bonchev–Trinajstić information content (AvgIpc) is 3.73. The largest absolute Gasteiger partial charge is 0.496 e. The molecule has 0 amide bonds. The van der Waals surface area contributed by atoms with E-state index in [1.165, 1.54) is 29.8 Å². The number of rotatable bonds is 12. The number of nitrogens with zero attached hydrogens (tertiary/aromatic N) is 5. The number of morpholine rings is 1. The summed E-state index contributed by atoms with van der Waals surface area (Å²) in [6.45, 7) is 7.22. The first-order valence-corrected chi connectivity index (χ1v) is 22.7. The standard InChI is InChI=1S/C49H46ClFN6O8S.CH4/c1-29-36-12-14-40(44(29)50)64-35(25-52-17-18-57-19-21-61-22-20-57)27-62-34-11-13-38(63-26-33-15-16-53-46(56-33)37-5-3-4-6-39(37)60-2)31(23-34)24-41(49(58)59)65-47-43-42(36)45(66-48(43)55-28-54-47)30-7-9-32(51)10-8-30;/h3-16,23,28,35,41,52H,17-22,24-27H2,1-2H3,(H,58,59);1H4/t35-,41-;/m1./s1. The van der Waals surface area contributed by atoms with Crippen LogP contribution in [0.5, 0.6) is 28.9 Å². The van der Waals surface area contributed by atoms with E-state index < -0.39 is 18.2 Å². The van der Waals surface area contributed by atoms with Crippen LogP contribution in [-0.2, 0) is 22.6 Å². The van der Waals surface area contributed by atoms with Gasteiger partial charge in [0.2, 0.25) is 12.0 Å². The summed E-state index contributed by atoms with van der Waals surface area (Å²) >= 11 is 8.56. The molecule has 14 nitrogen and oxygen atoms in total. The van der Waals surface area contributed by atoms with Crippen LogP contribution in [-0.4, -0.2) is 108 Å². The molecule has 4 bridgehead atoms. The number of hydrogen-bond donors (Lipinski definition) is 2. The van der Waals surface area contributed by atoms with Gasteiger partial charge in [-0.15, -0.1) is 11.3 Å². The number of carboxylic acid groups (broad SMARTS) is 1. The SMILES string of the molecule is C.COc1ccccc1-c1nccc(COc2ccc3cc2C[C@H](C(=O)O)Oc2ncnc4sc(-c5ccc(F)cc5)c(c24)-c2ccc(c(Cl)c2C)O[C@H](CNCCN2CCOCC2)CO3)n1. The van der Waals surface area contributed by atoms with Gasteiger partial charge in [0.15, 0.2) is 5.82 Å². The zero-order valence-corrected chi connectivity index (χ0v) is 37.7. The number of ether oxygens (including phenoxy) is 6. The number of fused-ring (bicyclic) bond motifs is 7. The Morgan fingerprint density at radius 3 is 2.61 bits per heavy atom. The first kappa shape index (κ1) is 47.1. The molecule has 3 aromatic heterocycles. The molecule has 1 saturated heterocycles. The topological polar surface area (TPSA) is 160 Å². The van der Waals surface area contributed by atoms with Crippen molar-refractivity contribution in [1.82, 2.24) is 30.2 Å². The lowest BCUT2D eigenvalue weighted by Gasteiger charge is -2.27. The molecule has 0 aliphatic carbocycles. The monoisotopic (exact) mass is 948 g/mol. The highest BCUT2D eigenvalue weighted by Crippen LogP contribution is 2.49. The Balaban J connectivity index is 0.00000608. The first-order chi connectivity index (χ1) is 32.2. The van der Waals surface area contributed by atoms with Gasteiger partial charge in [0, 0.05) is 61.3 Å². The molecule has 0 spiro atoms. The van der Waals surface area contributed by atoms with E-state index in [-0.39, 0.29) is 38.8 Å². The quantitative estimate of drug-likeness (QED) is 0.112. The van der Waals surface area contributed by atoms with Crippen LogP contribution in [0, 0.1) is 12.7 Å². The van der Waals surface area contributed by atoms with Crippen LogP contribution in [0.3, 0.4) is 0 Å². The number of aromatic nitrogens is 4. The maximum atomic E-state index is 14.3. The summed E-state index contributed by atoms with van der Waals surface area (Å²) in [6, 6.07) is 24.3. The van der Waals surface area contributed by atoms with Gasteiger partial charge in [-0.1, -0.05) is 49.4 Å². The average molecular weight is 950 g/mol. The van der Waals surface area contributed by atoms with Gasteiger partial charge >= 0.3 is 5.97 Å². The fraction of sp³-hybridized carbons (Fsp3) is 0.300. The maximum Gasteiger partial charge on any atom is 0.345 e. The van der Waals surface area contributed by atoms with E-state index in [1.54, 1.807) is 49.7 Å². The summed E-state index contributed by atoms with van der Waals surface area (Å²) in [5, 5.41) is 15.2. The maximum absolute atomic E-state index is 14.3. The van der Waals surface area contributed by atoms with Gasteiger partial charge in [-0.2, -0.15) is 0 Å². The van der Waals surface area contributed by atoms with Crippen molar-refractivity contribution >= 4 is 39.1 Å². The molecular weight excluding hydrogens is 899 g/mol. The van der Waals surface area contributed by atoms with Gasteiger partial charge in [0.25, 0.3) is 0 Å². The Hall–Kier alpha value is -6.43. The smallest absolute Gasteiger partial charge is 0.345 e. The molecule has 0 unspecified atom stereocenters. The second-order valence-electron chi connectivity index (χ2n) is 15.7.